The van der Waals surface area contributed by atoms with Crippen LogP contribution in [0.2, 0.25) is 0 Å². The van der Waals surface area contributed by atoms with Gasteiger partial charge in [0.25, 0.3) is 0 Å². The Morgan fingerprint density at radius 1 is 1.00 bits per heavy atom. The van der Waals surface area contributed by atoms with Crippen molar-refractivity contribution in [3.05, 3.63) is 93.4 Å². The second kappa shape index (κ2) is 7.89. The third-order valence-electron chi connectivity index (χ3n) is 5.45. The van der Waals surface area contributed by atoms with E-state index in [-0.39, 0.29) is 19.1 Å². The van der Waals surface area contributed by atoms with Crippen LogP contribution in [-0.4, -0.2) is 25.1 Å². The fourth-order valence-electron chi connectivity index (χ4n) is 4.13. The molecule has 2 aliphatic rings. The molecule has 1 unspecified atom stereocenters. The molecular weight excluding hydrogens is 426 g/mol. The number of rotatable bonds is 6. The van der Waals surface area contributed by atoms with Crippen LogP contribution in [0.1, 0.15) is 34.0 Å². The average Bonchev–Trinajstić information content (AvgIpc) is 3.11. The molecule has 2 aliphatic heterocycles. The molecule has 164 valence electrons. The van der Waals surface area contributed by atoms with Crippen LogP contribution in [0.5, 0.6) is 23.0 Å². The Bertz CT molecular complexity index is 1290. The van der Waals surface area contributed by atoms with Gasteiger partial charge in [0.05, 0.1) is 5.56 Å². The van der Waals surface area contributed by atoms with Gasteiger partial charge < -0.3 is 18.9 Å². The lowest BCUT2D eigenvalue weighted by Gasteiger charge is -2.36. The number of benzene rings is 3. The molecule has 0 aliphatic carbocycles. The van der Waals surface area contributed by atoms with E-state index in [1.54, 1.807) is 48.5 Å². The Balaban J connectivity index is 1.67. The van der Waals surface area contributed by atoms with E-state index in [0.29, 0.717) is 45.3 Å². The van der Waals surface area contributed by atoms with Crippen LogP contribution in [0.3, 0.4) is 0 Å². The molecule has 0 N–H and O–H groups in total. The van der Waals surface area contributed by atoms with Gasteiger partial charge in [-0.2, -0.15) is 0 Å². The maximum Gasteiger partial charge on any atom is 0.340 e. The Hall–Kier alpha value is -4.49. The Kier molecular flexibility index (Phi) is 4.88. The summed E-state index contributed by atoms with van der Waals surface area (Å²) in [5, 5.41) is 3.38. The smallest absolute Gasteiger partial charge is 0.340 e. The number of nitrogens with zero attached hydrogens (tertiary/aromatic N) is 3. The summed E-state index contributed by atoms with van der Waals surface area (Å²) in [4.78, 5) is 26.9. The zero-order valence-electron chi connectivity index (χ0n) is 17.5. The van der Waals surface area contributed by atoms with Crippen LogP contribution in [-0.2, 0) is 15.1 Å². The van der Waals surface area contributed by atoms with Gasteiger partial charge in [0.2, 0.25) is 0 Å². The minimum Gasteiger partial charge on any atom is -0.487 e. The number of ketones is 1. The van der Waals surface area contributed by atoms with Crippen LogP contribution in [0.4, 0.5) is 0 Å². The summed E-state index contributed by atoms with van der Waals surface area (Å²) in [6, 6.07) is 17.5. The number of hydrogen-bond donors (Lipinski definition) is 0. The number of Topliss-reactive ketones (excluding diaryl/α,β-unsaturated/α-hetero) is 1. The van der Waals surface area contributed by atoms with Crippen molar-refractivity contribution in [3.8, 4) is 23.0 Å². The quantitative estimate of drug-likeness (QED) is 0.232. The van der Waals surface area contributed by atoms with E-state index in [1.807, 2.05) is 12.1 Å². The van der Waals surface area contributed by atoms with Crippen molar-refractivity contribution in [1.29, 1.82) is 0 Å². The highest BCUT2D eigenvalue weighted by atomic mass is 16.6. The van der Waals surface area contributed by atoms with E-state index < -0.39 is 11.6 Å². The molecule has 0 aromatic heterocycles. The minimum absolute atomic E-state index is 0.0737. The molecule has 9 nitrogen and oxygen atoms in total. The molecule has 9 heteroatoms. The van der Waals surface area contributed by atoms with Crippen LogP contribution in [0.25, 0.3) is 10.4 Å². The number of esters is 1. The summed E-state index contributed by atoms with van der Waals surface area (Å²) in [6.07, 6.45) is 0. The molecule has 1 atom stereocenters. The molecule has 0 fully saturated rings. The molecule has 2 heterocycles. The van der Waals surface area contributed by atoms with Crippen molar-refractivity contribution in [3.63, 3.8) is 0 Å². The van der Waals surface area contributed by atoms with Crippen molar-refractivity contribution in [2.45, 2.75) is 12.5 Å². The third kappa shape index (κ3) is 3.31. The number of azide groups is 1. The molecule has 0 amide bonds. The summed E-state index contributed by atoms with van der Waals surface area (Å²) < 4.78 is 23.2. The van der Waals surface area contributed by atoms with Crippen molar-refractivity contribution in [1.82, 2.24) is 0 Å². The van der Waals surface area contributed by atoms with Crippen molar-refractivity contribution in [2.24, 2.45) is 5.11 Å². The van der Waals surface area contributed by atoms with E-state index in [2.05, 4.69) is 10.0 Å². The van der Waals surface area contributed by atoms with E-state index in [0.717, 1.165) is 0 Å². The highest BCUT2D eigenvalue weighted by Gasteiger charge is 2.53. The summed E-state index contributed by atoms with van der Waals surface area (Å²) in [6.45, 7) is 1.18. The Morgan fingerprint density at radius 3 is 2.33 bits per heavy atom. The third-order valence-corrected chi connectivity index (χ3v) is 5.45. The first-order chi connectivity index (χ1) is 16.0. The Labute approximate surface area is 188 Å². The van der Waals surface area contributed by atoms with Gasteiger partial charge in [-0.1, -0.05) is 23.3 Å². The number of carbonyl (C=O) groups is 2. The fraction of sp³-hybridized carbons (Fsp3) is 0.167. The molecule has 3 aromatic rings. The van der Waals surface area contributed by atoms with Crippen molar-refractivity contribution in [2.75, 3.05) is 13.3 Å². The topological polar surface area (TPSA) is 120 Å². The van der Waals surface area contributed by atoms with Gasteiger partial charge >= 0.3 is 5.97 Å². The normalized spacial score (nSPS) is 17.1. The van der Waals surface area contributed by atoms with Crippen LogP contribution in [0, 0.1) is 0 Å². The fourth-order valence-corrected chi connectivity index (χ4v) is 4.13. The molecule has 0 saturated heterocycles. The highest BCUT2D eigenvalue weighted by molar-refractivity contribution is 5.97. The predicted octanol–water partition coefficient (Wildman–Crippen LogP) is 4.87. The standard InChI is InChI=1S/C24H17N3O6/c1-14(28)12-30-15-6-8-19-21(10-15)32-22-11-16(31-13-26-27-25)7-9-20(22)24(19)18-5-3-2-4-17(18)23(29)33-24/h2-11H,12-13H2,1H3. The molecule has 3 aromatic carbocycles. The lowest BCUT2D eigenvalue weighted by molar-refractivity contribution is -0.118. The number of hydrogen-bond acceptors (Lipinski definition) is 7. The molecule has 1 spiro atoms. The van der Waals surface area contributed by atoms with E-state index in [4.69, 9.17) is 24.5 Å². The maximum absolute atomic E-state index is 12.8. The van der Waals surface area contributed by atoms with Gasteiger partial charge in [0.1, 0.15) is 29.6 Å². The lowest BCUT2D eigenvalue weighted by Crippen LogP contribution is -2.33. The largest absolute Gasteiger partial charge is 0.487 e. The van der Waals surface area contributed by atoms with Crippen molar-refractivity contribution >= 4 is 11.8 Å². The minimum atomic E-state index is -1.22. The zero-order chi connectivity index (χ0) is 23.0. The van der Waals surface area contributed by atoms with E-state index in [9.17, 15) is 9.59 Å². The molecule has 5 rings (SSSR count). The molecule has 0 radical (unpaired) electrons. The van der Waals surface area contributed by atoms with Gasteiger partial charge in [0.15, 0.2) is 18.1 Å². The first kappa shape index (κ1) is 20.4. The first-order valence-corrected chi connectivity index (χ1v) is 10.1. The molecule has 0 saturated carbocycles. The van der Waals surface area contributed by atoms with Crippen LogP contribution >= 0.6 is 0 Å². The summed E-state index contributed by atoms with van der Waals surface area (Å²) in [5.74, 6) is 1.13. The van der Waals surface area contributed by atoms with Gasteiger partial charge in [-0.15, -0.1) is 0 Å². The van der Waals surface area contributed by atoms with Crippen LogP contribution < -0.4 is 14.2 Å². The van der Waals surface area contributed by atoms with Gasteiger partial charge in [0, 0.05) is 33.7 Å². The highest BCUT2D eigenvalue weighted by Crippen LogP contribution is 2.57. The van der Waals surface area contributed by atoms with Crippen LogP contribution in [0.15, 0.2) is 65.8 Å². The van der Waals surface area contributed by atoms with Crippen molar-refractivity contribution < 1.29 is 28.5 Å². The zero-order valence-corrected chi connectivity index (χ0v) is 17.5. The average molecular weight is 443 g/mol. The summed E-state index contributed by atoms with van der Waals surface area (Å²) in [5.41, 5.74) is 9.68. The predicted molar refractivity (Wildman–Crippen MR) is 116 cm³/mol. The van der Waals surface area contributed by atoms with E-state index >= 15 is 0 Å². The molecule has 0 bridgehead atoms. The maximum atomic E-state index is 12.8. The number of fused-ring (bicyclic) bond motifs is 6. The summed E-state index contributed by atoms with van der Waals surface area (Å²) >= 11 is 0. The van der Waals surface area contributed by atoms with Gasteiger partial charge in [-0.3, -0.25) is 4.79 Å². The first-order valence-electron chi connectivity index (χ1n) is 10.1. The SMILES string of the molecule is CC(=O)COc1ccc2c(c1)Oc1cc(OCN=[N+]=[N-])ccc1C21OC(=O)c2ccccc21. The lowest BCUT2D eigenvalue weighted by atomic mass is 9.77. The molecule has 33 heavy (non-hydrogen) atoms. The second-order valence-corrected chi connectivity index (χ2v) is 7.53. The molecular formula is C24H17N3O6. The second-order valence-electron chi connectivity index (χ2n) is 7.53. The Morgan fingerprint density at radius 2 is 1.67 bits per heavy atom. The van der Waals surface area contributed by atoms with E-state index in [1.165, 1.54) is 6.92 Å². The monoisotopic (exact) mass is 443 g/mol. The van der Waals surface area contributed by atoms with Gasteiger partial charge in [-0.05, 0) is 42.8 Å². The van der Waals surface area contributed by atoms with Gasteiger partial charge in [-0.25, -0.2) is 4.79 Å². The summed E-state index contributed by atoms with van der Waals surface area (Å²) in [7, 11) is 0. The number of carbonyl (C=O) groups excluding carboxylic acids is 2. The number of ether oxygens (including phenoxy) is 4.